The number of aromatic nitrogens is 2. The second-order valence-electron chi connectivity index (χ2n) is 5.81. The molecule has 17 heavy (non-hydrogen) atoms. The van der Waals surface area contributed by atoms with Crippen LogP contribution in [0.4, 0.5) is 5.82 Å². The minimum atomic E-state index is -0.0716. The van der Waals surface area contributed by atoms with Crippen LogP contribution in [0.15, 0.2) is 6.07 Å². The standard InChI is InChI=1S/C13H20ClN3/c1-13(2,3)12-16-10(14)8-11(17-12)15-7-6-9-4-5-9/h8-9H,4-7H2,1-3H3,(H,15,16,17). The molecule has 1 aliphatic carbocycles. The number of rotatable bonds is 4. The summed E-state index contributed by atoms with van der Waals surface area (Å²) in [6, 6.07) is 1.80. The van der Waals surface area contributed by atoms with Gasteiger partial charge in [-0.3, -0.25) is 0 Å². The maximum atomic E-state index is 6.02. The third kappa shape index (κ3) is 3.84. The fraction of sp³-hybridized carbons (Fsp3) is 0.692. The van der Waals surface area contributed by atoms with Gasteiger partial charge in [-0.05, 0) is 12.3 Å². The fourth-order valence-corrected chi connectivity index (χ4v) is 1.84. The second kappa shape index (κ2) is 4.81. The van der Waals surface area contributed by atoms with Gasteiger partial charge in [-0.1, -0.05) is 45.2 Å². The van der Waals surface area contributed by atoms with E-state index in [-0.39, 0.29) is 5.41 Å². The first-order valence-electron chi connectivity index (χ1n) is 6.24. The number of nitrogens with one attached hydrogen (secondary N) is 1. The molecule has 0 bridgehead atoms. The van der Waals surface area contributed by atoms with Crippen molar-refractivity contribution in [3.05, 3.63) is 17.0 Å². The van der Waals surface area contributed by atoms with Gasteiger partial charge in [0.25, 0.3) is 0 Å². The van der Waals surface area contributed by atoms with Crippen LogP contribution in [-0.2, 0) is 5.41 Å². The van der Waals surface area contributed by atoms with Crippen molar-refractivity contribution in [1.82, 2.24) is 9.97 Å². The Bertz CT molecular complexity index is 394. The van der Waals surface area contributed by atoms with E-state index in [1.54, 1.807) is 6.07 Å². The summed E-state index contributed by atoms with van der Waals surface area (Å²) in [6.45, 7) is 7.24. The van der Waals surface area contributed by atoms with Gasteiger partial charge in [0.05, 0.1) is 0 Å². The summed E-state index contributed by atoms with van der Waals surface area (Å²) >= 11 is 6.02. The van der Waals surface area contributed by atoms with Crippen molar-refractivity contribution in [3.63, 3.8) is 0 Å². The van der Waals surface area contributed by atoms with E-state index in [1.807, 2.05) is 0 Å². The lowest BCUT2D eigenvalue weighted by Crippen LogP contribution is -2.17. The maximum Gasteiger partial charge on any atom is 0.137 e. The van der Waals surface area contributed by atoms with E-state index in [2.05, 4.69) is 36.1 Å². The largest absolute Gasteiger partial charge is 0.370 e. The molecular formula is C13H20ClN3. The smallest absolute Gasteiger partial charge is 0.137 e. The maximum absolute atomic E-state index is 6.02. The molecule has 1 aromatic rings. The van der Waals surface area contributed by atoms with Crippen LogP contribution < -0.4 is 5.32 Å². The summed E-state index contributed by atoms with van der Waals surface area (Å²) in [5.41, 5.74) is -0.0716. The number of hydrogen-bond donors (Lipinski definition) is 1. The molecule has 1 fully saturated rings. The van der Waals surface area contributed by atoms with E-state index in [4.69, 9.17) is 11.6 Å². The molecule has 0 radical (unpaired) electrons. The molecule has 0 amide bonds. The SMILES string of the molecule is CC(C)(C)c1nc(Cl)cc(NCCC2CC2)n1. The van der Waals surface area contributed by atoms with E-state index in [1.165, 1.54) is 19.3 Å². The topological polar surface area (TPSA) is 37.8 Å². The minimum Gasteiger partial charge on any atom is -0.370 e. The Morgan fingerprint density at radius 2 is 2.06 bits per heavy atom. The third-order valence-electron chi connectivity index (χ3n) is 2.92. The third-order valence-corrected chi connectivity index (χ3v) is 3.11. The van der Waals surface area contributed by atoms with Crippen molar-refractivity contribution < 1.29 is 0 Å². The zero-order valence-electron chi connectivity index (χ0n) is 10.8. The van der Waals surface area contributed by atoms with E-state index in [0.717, 1.165) is 24.1 Å². The zero-order valence-corrected chi connectivity index (χ0v) is 11.5. The van der Waals surface area contributed by atoms with Crippen LogP contribution in [0.5, 0.6) is 0 Å². The summed E-state index contributed by atoms with van der Waals surface area (Å²) in [5.74, 6) is 2.57. The molecule has 1 aliphatic rings. The van der Waals surface area contributed by atoms with Gasteiger partial charge < -0.3 is 5.32 Å². The Morgan fingerprint density at radius 1 is 1.35 bits per heavy atom. The Kier molecular flexibility index (Phi) is 3.57. The van der Waals surface area contributed by atoms with Crippen molar-refractivity contribution in [2.75, 3.05) is 11.9 Å². The highest BCUT2D eigenvalue weighted by Crippen LogP contribution is 2.32. The van der Waals surface area contributed by atoms with E-state index in [9.17, 15) is 0 Å². The molecule has 3 nitrogen and oxygen atoms in total. The quantitative estimate of drug-likeness (QED) is 0.833. The first-order chi connectivity index (χ1) is 7.95. The lowest BCUT2D eigenvalue weighted by atomic mass is 9.96. The van der Waals surface area contributed by atoms with Gasteiger partial charge in [-0.25, -0.2) is 9.97 Å². The van der Waals surface area contributed by atoms with Crippen LogP contribution in [0.2, 0.25) is 5.15 Å². The number of halogens is 1. The molecule has 0 atom stereocenters. The average Bonchev–Trinajstić information content (AvgIpc) is 2.99. The van der Waals surface area contributed by atoms with Gasteiger partial charge in [0.15, 0.2) is 0 Å². The highest BCUT2D eigenvalue weighted by molar-refractivity contribution is 6.29. The molecule has 94 valence electrons. The van der Waals surface area contributed by atoms with Crippen LogP contribution in [-0.4, -0.2) is 16.5 Å². The number of anilines is 1. The molecule has 0 saturated heterocycles. The fourth-order valence-electron chi connectivity index (χ4n) is 1.65. The molecule has 0 aliphatic heterocycles. The predicted molar refractivity (Wildman–Crippen MR) is 71.6 cm³/mol. The summed E-state index contributed by atoms with van der Waals surface area (Å²) in [4.78, 5) is 8.79. The summed E-state index contributed by atoms with van der Waals surface area (Å²) in [6.07, 6.45) is 4.01. The summed E-state index contributed by atoms with van der Waals surface area (Å²) in [7, 11) is 0. The van der Waals surface area contributed by atoms with Crippen molar-refractivity contribution in [1.29, 1.82) is 0 Å². The van der Waals surface area contributed by atoms with Crippen LogP contribution in [0.25, 0.3) is 0 Å². The van der Waals surface area contributed by atoms with Crippen LogP contribution >= 0.6 is 11.6 Å². The Labute approximate surface area is 108 Å². The predicted octanol–water partition coefficient (Wildman–Crippen LogP) is 3.64. The lowest BCUT2D eigenvalue weighted by Gasteiger charge is -2.17. The van der Waals surface area contributed by atoms with Crippen molar-refractivity contribution in [3.8, 4) is 0 Å². The summed E-state index contributed by atoms with van der Waals surface area (Å²) < 4.78 is 0. The summed E-state index contributed by atoms with van der Waals surface area (Å²) in [5, 5.41) is 3.85. The zero-order chi connectivity index (χ0) is 12.5. The first-order valence-corrected chi connectivity index (χ1v) is 6.62. The molecule has 1 aromatic heterocycles. The molecule has 2 rings (SSSR count). The molecule has 1 N–H and O–H groups in total. The van der Waals surface area contributed by atoms with Gasteiger partial charge in [-0.15, -0.1) is 0 Å². The molecule has 1 saturated carbocycles. The normalized spacial score (nSPS) is 16.0. The van der Waals surface area contributed by atoms with E-state index < -0.39 is 0 Å². The molecule has 4 heteroatoms. The van der Waals surface area contributed by atoms with Crippen molar-refractivity contribution >= 4 is 17.4 Å². The molecule has 0 spiro atoms. The average molecular weight is 254 g/mol. The van der Waals surface area contributed by atoms with Crippen molar-refractivity contribution in [2.24, 2.45) is 5.92 Å². The lowest BCUT2D eigenvalue weighted by molar-refractivity contribution is 0.545. The Hall–Kier alpha value is -0.830. The second-order valence-corrected chi connectivity index (χ2v) is 6.20. The van der Waals surface area contributed by atoms with Gasteiger partial charge in [0, 0.05) is 18.0 Å². The van der Waals surface area contributed by atoms with E-state index >= 15 is 0 Å². The monoisotopic (exact) mass is 253 g/mol. The van der Waals surface area contributed by atoms with Crippen LogP contribution in [0.1, 0.15) is 45.9 Å². The molecule has 0 aromatic carbocycles. The van der Waals surface area contributed by atoms with Crippen molar-refractivity contribution in [2.45, 2.75) is 45.4 Å². The highest BCUT2D eigenvalue weighted by Gasteiger charge is 2.21. The minimum absolute atomic E-state index is 0.0716. The first kappa shape index (κ1) is 12.6. The number of nitrogens with zero attached hydrogens (tertiary/aromatic N) is 2. The Balaban J connectivity index is 2.02. The van der Waals surface area contributed by atoms with Gasteiger partial charge in [-0.2, -0.15) is 0 Å². The number of hydrogen-bond acceptors (Lipinski definition) is 3. The highest BCUT2D eigenvalue weighted by atomic mass is 35.5. The Morgan fingerprint density at radius 3 is 2.65 bits per heavy atom. The van der Waals surface area contributed by atoms with Gasteiger partial charge in [0.1, 0.15) is 16.8 Å². The van der Waals surface area contributed by atoms with Crippen LogP contribution in [0.3, 0.4) is 0 Å². The molecule has 1 heterocycles. The van der Waals surface area contributed by atoms with E-state index in [0.29, 0.717) is 5.15 Å². The molecule has 0 unspecified atom stereocenters. The van der Waals surface area contributed by atoms with Gasteiger partial charge in [0.2, 0.25) is 0 Å². The van der Waals surface area contributed by atoms with Gasteiger partial charge >= 0.3 is 0 Å². The molecular weight excluding hydrogens is 234 g/mol. The van der Waals surface area contributed by atoms with Crippen LogP contribution in [0, 0.1) is 5.92 Å².